The van der Waals surface area contributed by atoms with Crippen LogP contribution in [-0.4, -0.2) is 9.97 Å². The molecule has 4 nitrogen and oxygen atoms in total. The van der Waals surface area contributed by atoms with Gasteiger partial charge in [-0.2, -0.15) is 5.26 Å². The Balaban J connectivity index is 2.07. The number of hydrogen-bond acceptors (Lipinski definition) is 5. The Kier molecular flexibility index (Phi) is 2.35. The van der Waals surface area contributed by atoms with Gasteiger partial charge in [-0.3, -0.25) is 4.98 Å². The van der Waals surface area contributed by atoms with E-state index < -0.39 is 0 Å². The van der Waals surface area contributed by atoms with Crippen molar-refractivity contribution in [3.8, 4) is 16.5 Å². The maximum atomic E-state index is 9.21. The Morgan fingerprint density at radius 1 is 1.50 bits per heavy atom. The molecule has 0 unspecified atom stereocenters. The van der Waals surface area contributed by atoms with Gasteiger partial charge in [0.2, 0.25) is 0 Å². The van der Waals surface area contributed by atoms with Gasteiger partial charge in [0.25, 0.3) is 0 Å². The van der Waals surface area contributed by atoms with Gasteiger partial charge in [-0.15, -0.1) is 0 Å². The Morgan fingerprint density at radius 2 is 2.28 bits per heavy atom. The van der Waals surface area contributed by atoms with Crippen LogP contribution >= 0.6 is 11.3 Å². The third kappa shape index (κ3) is 1.66. The van der Waals surface area contributed by atoms with E-state index in [-0.39, 0.29) is 5.41 Å². The van der Waals surface area contributed by atoms with E-state index in [0.29, 0.717) is 5.13 Å². The van der Waals surface area contributed by atoms with E-state index in [1.54, 1.807) is 6.20 Å². The molecule has 0 amide bonds. The predicted molar refractivity (Wildman–Crippen MR) is 71.0 cm³/mol. The summed E-state index contributed by atoms with van der Waals surface area (Å²) in [6.07, 6.45) is 3.57. The molecule has 3 rings (SSSR count). The summed E-state index contributed by atoms with van der Waals surface area (Å²) in [5, 5.41) is 9.78. The van der Waals surface area contributed by atoms with Crippen LogP contribution in [0, 0.1) is 18.3 Å². The number of nitriles is 1. The number of aromatic nitrogens is 2. The molecule has 0 aromatic carbocycles. The average Bonchev–Trinajstić information content (AvgIpc) is 3.10. The van der Waals surface area contributed by atoms with Crippen molar-refractivity contribution in [3.05, 3.63) is 29.7 Å². The van der Waals surface area contributed by atoms with Crippen LogP contribution in [0.1, 0.15) is 24.2 Å². The minimum atomic E-state index is -0.347. The maximum absolute atomic E-state index is 9.21. The zero-order valence-electron chi connectivity index (χ0n) is 9.97. The van der Waals surface area contributed by atoms with Crippen LogP contribution in [0.2, 0.25) is 0 Å². The quantitative estimate of drug-likeness (QED) is 0.896. The molecule has 2 aromatic heterocycles. The number of nitrogens with zero attached hydrogens (tertiary/aromatic N) is 3. The first-order valence-electron chi connectivity index (χ1n) is 5.76. The third-order valence-corrected chi connectivity index (χ3v) is 4.33. The molecule has 1 saturated carbocycles. The number of pyridine rings is 1. The van der Waals surface area contributed by atoms with Crippen LogP contribution in [0.25, 0.3) is 10.4 Å². The number of hydrogen-bond donors (Lipinski definition) is 1. The van der Waals surface area contributed by atoms with Crippen LogP contribution in [0.5, 0.6) is 0 Å². The van der Waals surface area contributed by atoms with E-state index in [1.807, 2.05) is 19.1 Å². The summed E-state index contributed by atoms with van der Waals surface area (Å²) >= 11 is 1.47. The summed E-state index contributed by atoms with van der Waals surface area (Å²) in [5.74, 6) is 0. The lowest BCUT2D eigenvalue weighted by Gasteiger charge is -2.06. The third-order valence-electron chi connectivity index (χ3n) is 3.29. The zero-order valence-corrected chi connectivity index (χ0v) is 10.8. The first kappa shape index (κ1) is 11.2. The number of rotatable bonds is 2. The summed E-state index contributed by atoms with van der Waals surface area (Å²) in [7, 11) is 0. The second-order valence-corrected chi connectivity index (χ2v) is 5.62. The molecule has 2 aromatic rings. The number of aryl methyl sites for hydroxylation is 1. The highest BCUT2D eigenvalue weighted by molar-refractivity contribution is 7.18. The van der Waals surface area contributed by atoms with Crippen molar-refractivity contribution in [2.24, 2.45) is 0 Å². The number of anilines is 1. The predicted octanol–water partition coefficient (Wildman–Crippen LogP) is 2.65. The Morgan fingerprint density at radius 3 is 2.83 bits per heavy atom. The van der Waals surface area contributed by atoms with Gasteiger partial charge >= 0.3 is 0 Å². The fraction of sp³-hybridized carbons (Fsp3) is 0.308. The molecule has 0 radical (unpaired) electrons. The van der Waals surface area contributed by atoms with Crippen molar-refractivity contribution in [2.75, 3.05) is 5.73 Å². The Labute approximate surface area is 109 Å². The molecule has 1 aliphatic carbocycles. The molecule has 2 N–H and O–H groups in total. The van der Waals surface area contributed by atoms with Crippen molar-refractivity contribution in [1.82, 2.24) is 9.97 Å². The molecule has 0 atom stereocenters. The summed E-state index contributed by atoms with van der Waals surface area (Å²) in [6, 6.07) is 6.31. The van der Waals surface area contributed by atoms with Gasteiger partial charge in [-0.1, -0.05) is 11.3 Å². The fourth-order valence-corrected chi connectivity index (χ4v) is 2.90. The first-order chi connectivity index (χ1) is 8.64. The minimum absolute atomic E-state index is 0.347. The molecule has 90 valence electrons. The fourth-order valence-electron chi connectivity index (χ4n) is 2.07. The van der Waals surface area contributed by atoms with Crippen LogP contribution in [0.15, 0.2) is 18.3 Å². The lowest BCUT2D eigenvalue weighted by atomic mass is 10.0. The van der Waals surface area contributed by atoms with Gasteiger partial charge in [0.15, 0.2) is 5.13 Å². The minimum Gasteiger partial charge on any atom is -0.375 e. The van der Waals surface area contributed by atoms with E-state index in [1.165, 1.54) is 11.3 Å². The molecule has 2 heterocycles. The van der Waals surface area contributed by atoms with E-state index in [4.69, 9.17) is 5.73 Å². The van der Waals surface area contributed by atoms with Gasteiger partial charge < -0.3 is 5.73 Å². The smallest absolute Gasteiger partial charge is 0.180 e. The normalized spacial score (nSPS) is 16.2. The largest absolute Gasteiger partial charge is 0.375 e. The second kappa shape index (κ2) is 3.79. The SMILES string of the molecule is Cc1nc(N)sc1-c1ccnc(C2(C#N)CC2)c1. The van der Waals surface area contributed by atoms with E-state index in [0.717, 1.165) is 34.7 Å². The van der Waals surface area contributed by atoms with Gasteiger partial charge in [0.1, 0.15) is 0 Å². The van der Waals surface area contributed by atoms with Crippen LogP contribution in [-0.2, 0) is 5.41 Å². The molecule has 0 saturated heterocycles. The van der Waals surface area contributed by atoms with Crippen LogP contribution in [0.4, 0.5) is 5.13 Å². The molecule has 1 fully saturated rings. The molecule has 5 heteroatoms. The molecule has 18 heavy (non-hydrogen) atoms. The molecule has 0 aliphatic heterocycles. The first-order valence-corrected chi connectivity index (χ1v) is 6.57. The standard InChI is InChI=1S/C13H12N4S/c1-8-11(18-12(15)17-8)9-2-5-16-10(6-9)13(7-14)3-4-13/h2,5-6H,3-4H2,1H3,(H2,15,17). The van der Waals surface area contributed by atoms with Crippen molar-refractivity contribution in [1.29, 1.82) is 5.26 Å². The monoisotopic (exact) mass is 256 g/mol. The van der Waals surface area contributed by atoms with Crippen LogP contribution in [0.3, 0.4) is 0 Å². The van der Waals surface area contributed by atoms with E-state index in [9.17, 15) is 5.26 Å². The van der Waals surface area contributed by atoms with Gasteiger partial charge in [0, 0.05) is 6.20 Å². The highest BCUT2D eigenvalue weighted by Crippen LogP contribution is 2.47. The molecule has 0 bridgehead atoms. The van der Waals surface area contributed by atoms with Crippen LogP contribution < -0.4 is 5.73 Å². The Bertz CT molecular complexity index is 649. The number of thiazole rings is 1. The summed E-state index contributed by atoms with van der Waals surface area (Å²) in [5.41, 5.74) is 8.22. The molecular formula is C13H12N4S. The van der Waals surface area contributed by atoms with Crippen molar-refractivity contribution < 1.29 is 0 Å². The number of nitrogens with two attached hydrogens (primary N) is 1. The molecule has 1 aliphatic rings. The van der Waals surface area contributed by atoms with E-state index >= 15 is 0 Å². The topological polar surface area (TPSA) is 75.6 Å². The molecular weight excluding hydrogens is 244 g/mol. The van der Waals surface area contributed by atoms with Gasteiger partial charge in [0.05, 0.1) is 27.7 Å². The maximum Gasteiger partial charge on any atom is 0.180 e. The average molecular weight is 256 g/mol. The summed E-state index contributed by atoms with van der Waals surface area (Å²) in [6.45, 7) is 1.94. The Hall–Kier alpha value is -1.93. The van der Waals surface area contributed by atoms with E-state index in [2.05, 4.69) is 16.0 Å². The van der Waals surface area contributed by atoms with Crippen molar-refractivity contribution in [3.63, 3.8) is 0 Å². The highest BCUT2D eigenvalue weighted by atomic mass is 32.1. The van der Waals surface area contributed by atoms with Gasteiger partial charge in [-0.25, -0.2) is 4.98 Å². The second-order valence-electron chi connectivity index (χ2n) is 4.59. The zero-order chi connectivity index (χ0) is 12.8. The lowest BCUT2D eigenvalue weighted by Crippen LogP contribution is -2.05. The van der Waals surface area contributed by atoms with Crippen molar-refractivity contribution in [2.45, 2.75) is 25.2 Å². The highest BCUT2D eigenvalue weighted by Gasteiger charge is 2.46. The van der Waals surface area contributed by atoms with Gasteiger partial charge in [-0.05, 0) is 37.5 Å². The molecule has 0 spiro atoms. The van der Waals surface area contributed by atoms with Crippen molar-refractivity contribution >= 4 is 16.5 Å². The number of nitrogen functional groups attached to an aromatic ring is 1. The summed E-state index contributed by atoms with van der Waals surface area (Å²) < 4.78 is 0. The summed E-state index contributed by atoms with van der Waals surface area (Å²) in [4.78, 5) is 9.62. The lowest BCUT2D eigenvalue weighted by molar-refractivity contribution is 0.855.